The Labute approximate surface area is 171 Å². The van der Waals surface area contributed by atoms with E-state index in [0.717, 1.165) is 28.2 Å². The highest BCUT2D eigenvalue weighted by atomic mass is 16.5. The van der Waals surface area contributed by atoms with Gasteiger partial charge in [-0.05, 0) is 30.0 Å². The molecule has 0 bridgehead atoms. The molecule has 29 heavy (non-hydrogen) atoms. The highest BCUT2D eigenvalue weighted by molar-refractivity contribution is 6.15. The fourth-order valence-corrected chi connectivity index (χ4v) is 3.59. The molecule has 3 aromatic rings. The number of nitrogens with zero attached hydrogens (tertiary/aromatic N) is 3. The Bertz CT molecular complexity index is 1090. The Morgan fingerprint density at radius 1 is 1.14 bits per heavy atom. The molecule has 0 saturated carbocycles. The van der Waals surface area contributed by atoms with Gasteiger partial charge in [0.05, 0.1) is 30.2 Å². The van der Waals surface area contributed by atoms with Crippen LogP contribution in [0.15, 0.2) is 59.9 Å². The fraction of sp³-hybridized carbons (Fsp3) is 0.292. The SMILES string of the molecule is CCOC(=O)c1ncn2c1CN=C(c1ccccc1)c1cc(C(C)(C)C)ccc1-2. The molecule has 0 amide bonds. The zero-order chi connectivity index (χ0) is 20.6. The Hall–Kier alpha value is -3.21. The summed E-state index contributed by atoms with van der Waals surface area (Å²) in [7, 11) is 0. The van der Waals surface area contributed by atoms with Gasteiger partial charge >= 0.3 is 5.97 Å². The number of carbonyl (C=O) groups excluding carboxylic acids is 1. The molecule has 1 aromatic heterocycles. The van der Waals surface area contributed by atoms with Crippen LogP contribution in [0.25, 0.3) is 5.69 Å². The van der Waals surface area contributed by atoms with Gasteiger partial charge in [-0.3, -0.25) is 9.56 Å². The smallest absolute Gasteiger partial charge is 0.358 e. The zero-order valence-corrected chi connectivity index (χ0v) is 17.3. The second-order valence-corrected chi connectivity index (χ2v) is 8.14. The van der Waals surface area contributed by atoms with E-state index < -0.39 is 5.97 Å². The predicted octanol–water partition coefficient (Wildman–Crippen LogP) is 4.70. The molecule has 4 rings (SSSR count). The number of ether oxygens (including phenoxy) is 1. The van der Waals surface area contributed by atoms with E-state index in [4.69, 9.17) is 9.73 Å². The second kappa shape index (κ2) is 7.32. The number of esters is 1. The van der Waals surface area contributed by atoms with Gasteiger partial charge in [-0.2, -0.15) is 0 Å². The first-order chi connectivity index (χ1) is 13.9. The molecule has 0 atom stereocenters. The van der Waals surface area contributed by atoms with Crippen molar-refractivity contribution in [1.82, 2.24) is 9.55 Å². The molecule has 5 heteroatoms. The van der Waals surface area contributed by atoms with Gasteiger partial charge in [-0.1, -0.05) is 57.2 Å². The lowest BCUT2D eigenvalue weighted by Crippen LogP contribution is -2.14. The molecule has 0 unspecified atom stereocenters. The topological polar surface area (TPSA) is 56.5 Å². The van der Waals surface area contributed by atoms with Crippen LogP contribution >= 0.6 is 0 Å². The van der Waals surface area contributed by atoms with Crippen molar-refractivity contribution >= 4 is 11.7 Å². The zero-order valence-electron chi connectivity index (χ0n) is 17.3. The summed E-state index contributed by atoms with van der Waals surface area (Å²) in [6.07, 6.45) is 1.70. The van der Waals surface area contributed by atoms with Crippen LogP contribution < -0.4 is 0 Å². The quantitative estimate of drug-likeness (QED) is 0.612. The molecule has 148 valence electrons. The van der Waals surface area contributed by atoms with Crippen LogP contribution in [0.5, 0.6) is 0 Å². The Morgan fingerprint density at radius 2 is 1.90 bits per heavy atom. The molecule has 0 spiro atoms. The van der Waals surface area contributed by atoms with Gasteiger partial charge in [0.1, 0.15) is 6.33 Å². The van der Waals surface area contributed by atoms with Crippen molar-refractivity contribution in [2.24, 2.45) is 4.99 Å². The van der Waals surface area contributed by atoms with Gasteiger partial charge in [-0.15, -0.1) is 0 Å². The first kappa shape index (κ1) is 19.1. The minimum atomic E-state index is -0.410. The van der Waals surface area contributed by atoms with E-state index in [9.17, 15) is 4.79 Å². The summed E-state index contributed by atoms with van der Waals surface area (Å²) in [4.78, 5) is 21.7. The third kappa shape index (κ3) is 3.48. The summed E-state index contributed by atoms with van der Waals surface area (Å²) in [6, 6.07) is 16.6. The molecule has 5 nitrogen and oxygen atoms in total. The van der Waals surface area contributed by atoms with Gasteiger partial charge in [0.15, 0.2) is 5.69 Å². The Morgan fingerprint density at radius 3 is 2.59 bits per heavy atom. The molecule has 0 saturated heterocycles. The first-order valence-electron chi connectivity index (χ1n) is 9.88. The largest absolute Gasteiger partial charge is 0.461 e. The molecule has 0 radical (unpaired) electrons. The van der Waals surface area contributed by atoms with Crippen molar-refractivity contribution in [3.8, 4) is 5.69 Å². The predicted molar refractivity (Wildman–Crippen MR) is 114 cm³/mol. The van der Waals surface area contributed by atoms with Gasteiger partial charge in [0.2, 0.25) is 0 Å². The molecule has 0 N–H and O–H groups in total. The van der Waals surface area contributed by atoms with Crippen LogP contribution in [0.4, 0.5) is 0 Å². The first-order valence-corrected chi connectivity index (χ1v) is 9.88. The van der Waals surface area contributed by atoms with Crippen LogP contribution in [0.1, 0.15) is 60.6 Å². The maximum absolute atomic E-state index is 12.4. The second-order valence-electron chi connectivity index (χ2n) is 8.14. The molecular weight excluding hydrogens is 362 g/mol. The van der Waals surface area contributed by atoms with E-state index in [0.29, 0.717) is 18.8 Å². The van der Waals surface area contributed by atoms with Crippen LogP contribution in [0, 0.1) is 0 Å². The molecule has 0 fully saturated rings. The summed E-state index contributed by atoms with van der Waals surface area (Å²) in [6.45, 7) is 9.07. The minimum Gasteiger partial charge on any atom is -0.461 e. The van der Waals surface area contributed by atoms with Crippen LogP contribution in [-0.4, -0.2) is 27.8 Å². The van der Waals surface area contributed by atoms with Crippen LogP contribution in [0.2, 0.25) is 0 Å². The van der Waals surface area contributed by atoms with Crippen molar-refractivity contribution in [2.75, 3.05) is 6.61 Å². The number of hydrogen-bond acceptors (Lipinski definition) is 4. The normalized spacial score (nSPS) is 13.2. The molecule has 1 aliphatic heterocycles. The number of hydrogen-bond donors (Lipinski definition) is 0. The number of imidazole rings is 1. The average Bonchev–Trinajstić information content (AvgIpc) is 3.05. The van der Waals surface area contributed by atoms with E-state index in [1.54, 1.807) is 13.3 Å². The molecule has 2 aromatic carbocycles. The third-order valence-electron chi connectivity index (χ3n) is 5.15. The molecule has 2 heterocycles. The number of rotatable bonds is 3. The number of carbonyl (C=O) groups is 1. The van der Waals surface area contributed by atoms with Crippen molar-refractivity contribution < 1.29 is 9.53 Å². The van der Waals surface area contributed by atoms with Crippen LogP contribution in [0.3, 0.4) is 0 Å². The summed E-state index contributed by atoms with van der Waals surface area (Å²) < 4.78 is 7.16. The number of aliphatic imine (C=N–C) groups is 1. The van der Waals surface area contributed by atoms with E-state index in [1.807, 2.05) is 22.8 Å². The fourth-order valence-electron chi connectivity index (χ4n) is 3.59. The van der Waals surface area contributed by atoms with Crippen LogP contribution in [-0.2, 0) is 16.7 Å². The van der Waals surface area contributed by atoms with E-state index in [2.05, 4.69) is 56.1 Å². The van der Waals surface area contributed by atoms with Gasteiger partial charge in [-0.25, -0.2) is 9.78 Å². The maximum atomic E-state index is 12.4. The molecule has 0 aliphatic carbocycles. The van der Waals surface area contributed by atoms with E-state index in [1.165, 1.54) is 5.56 Å². The van der Waals surface area contributed by atoms with Gasteiger partial charge < -0.3 is 4.74 Å². The lowest BCUT2D eigenvalue weighted by Gasteiger charge is -2.22. The summed E-state index contributed by atoms with van der Waals surface area (Å²) in [5.41, 5.74) is 6.30. The average molecular weight is 387 g/mol. The summed E-state index contributed by atoms with van der Waals surface area (Å²) >= 11 is 0. The summed E-state index contributed by atoms with van der Waals surface area (Å²) in [5.74, 6) is -0.410. The lowest BCUT2D eigenvalue weighted by atomic mass is 9.84. The minimum absolute atomic E-state index is 0.0109. The third-order valence-corrected chi connectivity index (χ3v) is 5.15. The Kier molecular flexibility index (Phi) is 4.82. The highest BCUT2D eigenvalue weighted by Gasteiger charge is 2.26. The lowest BCUT2D eigenvalue weighted by molar-refractivity contribution is 0.0518. The highest BCUT2D eigenvalue weighted by Crippen LogP contribution is 2.31. The van der Waals surface area contributed by atoms with Crippen molar-refractivity contribution in [3.05, 3.63) is 82.9 Å². The van der Waals surface area contributed by atoms with Crippen molar-refractivity contribution in [2.45, 2.75) is 39.7 Å². The number of fused-ring (bicyclic) bond motifs is 3. The standard InChI is InChI=1S/C24H25N3O2/c1-5-29-23(28)22-20-14-25-21(16-9-7-6-8-10-16)18-13-17(24(2,3)4)11-12-19(18)27(20)15-26-22/h6-13,15H,5,14H2,1-4H3. The number of benzene rings is 2. The number of aromatic nitrogens is 2. The monoisotopic (exact) mass is 387 g/mol. The van der Waals surface area contributed by atoms with Crippen molar-refractivity contribution in [3.63, 3.8) is 0 Å². The summed E-state index contributed by atoms with van der Waals surface area (Å²) in [5, 5.41) is 0. The maximum Gasteiger partial charge on any atom is 0.358 e. The van der Waals surface area contributed by atoms with E-state index >= 15 is 0 Å². The molecular formula is C24H25N3O2. The Balaban J connectivity index is 1.94. The van der Waals surface area contributed by atoms with E-state index in [-0.39, 0.29) is 5.41 Å². The van der Waals surface area contributed by atoms with Gasteiger partial charge in [0, 0.05) is 11.1 Å². The van der Waals surface area contributed by atoms with Crippen molar-refractivity contribution in [1.29, 1.82) is 0 Å². The van der Waals surface area contributed by atoms with Gasteiger partial charge in [0.25, 0.3) is 0 Å². The molecule has 1 aliphatic rings.